The number of hydrogen-bond acceptors (Lipinski definition) is 6. The molecule has 0 amide bonds. The lowest BCUT2D eigenvalue weighted by Crippen LogP contribution is -2.41. The number of rotatable bonds is 4. The third-order valence-electron chi connectivity index (χ3n) is 3.54. The van der Waals surface area contributed by atoms with Crippen LogP contribution >= 0.6 is 0 Å². The average molecular weight is 356 g/mol. The summed E-state index contributed by atoms with van der Waals surface area (Å²) < 4.78 is 47.8. The molecule has 1 saturated heterocycles. The van der Waals surface area contributed by atoms with Gasteiger partial charge in [-0.2, -0.15) is 13.2 Å². The molecular weight excluding hydrogens is 341 g/mol. The van der Waals surface area contributed by atoms with Crippen molar-refractivity contribution in [3.8, 4) is 0 Å². The van der Waals surface area contributed by atoms with Gasteiger partial charge in [0.05, 0.1) is 30.7 Å². The molecule has 0 radical (unpaired) electrons. The van der Waals surface area contributed by atoms with E-state index >= 15 is 0 Å². The molecule has 2 aromatic rings. The van der Waals surface area contributed by atoms with Gasteiger partial charge in [-0.3, -0.25) is 5.41 Å². The molecule has 8 nitrogen and oxygen atoms in total. The first-order valence-corrected chi connectivity index (χ1v) is 7.36. The van der Waals surface area contributed by atoms with E-state index in [2.05, 4.69) is 20.7 Å². The molecule has 25 heavy (non-hydrogen) atoms. The summed E-state index contributed by atoms with van der Waals surface area (Å²) in [4.78, 5) is 5.17. The van der Waals surface area contributed by atoms with Crippen molar-refractivity contribution >= 4 is 17.1 Å². The summed E-state index contributed by atoms with van der Waals surface area (Å²) in [7, 11) is 0. The third kappa shape index (κ3) is 3.99. The van der Waals surface area contributed by atoms with E-state index in [1.807, 2.05) is 0 Å². The van der Waals surface area contributed by atoms with Gasteiger partial charge in [-0.15, -0.1) is 10.4 Å². The second-order valence-corrected chi connectivity index (χ2v) is 5.19. The van der Waals surface area contributed by atoms with Crippen LogP contribution in [0.2, 0.25) is 0 Å². The van der Waals surface area contributed by atoms with E-state index in [4.69, 9.17) is 14.7 Å². The highest BCUT2D eigenvalue weighted by molar-refractivity contribution is 6.20. The zero-order chi connectivity index (χ0) is 17.9. The van der Waals surface area contributed by atoms with Crippen LogP contribution in [-0.2, 0) is 10.9 Å². The van der Waals surface area contributed by atoms with E-state index in [1.54, 1.807) is 4.90 Å². The Labute approximate surface area is 140 Å². The molecule has 1 aliphatic rings. The zero-order valence-corrected chi connectivity index (χ0v) is 12.9. The van der Waals surface area contributed by atoms with Gasteiger partial charge < -0.3 is 19.5 Å². The Morgan fingerprint density at radius 2 is 2.04 bits per heavy atom. The molecule has 134 valence electrons. The standard InChI is InChI=1S/C14H15F3N6O2/c15-14(16,17)11-2-1-9(7-20-11)19-8-10(13-21-22-25-13)12(18)23-3-5-24-6-4-23/h1-2,7-8,18-19,22H,3-6H2/b10-8+,18-12?. The number of morpholine rings is 1. The van der Waals surface area contributed by atoms with Crippen LogP contribution in [0.4, 0.5) is 18.9 Å². The summed E-state index contributed by atoms with van der Waals surface area (Å²) in [5, 5.41) is 17.2. The average Bonchev–Trinajstić information content (AvgIpc) is 2.56. The van der Waals surface area contributed by atoms with Gasteiger partial charge >= 0.3 is 6.18 Å². The molecule has 0 aromatic carbocycles. The lowest BCUT2D eigenvalue weighted by molar-refractivity contribution is -0.141. The number of ether oxygens (including phenoxy) is 1. The van der Waals surface area contributed by atoms with Crippen LogP contribution in [0.15, 0.2) is 29.1 Å². The largest absolute Gasteiger partial charge is 0.433 e. The molecule has 0 aliphatic carbocycles. The van der Waals surface area contributed by atoms with Gasteiger partial charge in [-0.1, -0.05) is 0 Å². The van der Waals surface area contributed by atoms with E-state index in [0.29, 0.717) is 37.6 Å². The number of pyridine rings is 1. The molecular formula is C14H15F3N6O2. The lowest BCUT2D eigenvalue weighted by atomic mass is 10.2. The number of aromatic nitrogens is 3. The Morgan fingerprint density at radius 1 is 1.32 bits per heavy atom. The third-order valence-corrected chi connectivity index (χ3v) is 3.54. The minimum atomic E-state index is -4.49. The number of anilines is 1. The van der Waals surface area contributed by atoms with Crippen molar-refractivity contribution in [2.75, 3.05) is 31.6 Å². The lowest BCUT2D eigenvalue weighted by Gasteiger charge is -2.29. The number of alkyl halides is 3. The van der Waals surface area contributed by atoms with Crippen LogP contribution in [0, 0.1) is 5.41 Å². The number of halogens is 3. The second kappa shape index (κ2) is 6.97. The quantitative estimate of drug-likeness (QED) is 0.573. The van der Waals surface area contributed by atoms with Crippen molar-refractivity contribution in [2.24, 2.45) is 0 Å². The molecule has 11 heteroatoms. The molecule has 0 unspecified atom stereocenters. The van der Waals surface area contributed by atoms with Gasteiger partial charge in [0.2, 0.25) is 0 Å². The summed E-state index contributed by atoms with van der Waals surface area (Å²) >= 11 is 0. The van der Waals surface area contributed by atoms with Crippen LogP contribution in [0.5, 0.6) is 0 Å². The molecule has 1 fully saturated rings. The van der Waals surface area contributed by atoms with Crippen LogP contribution in [0.1, 0.15) is 11.6 Å². The van der Waals surface area contributed by atoms with Gasteiger partial charge in [0.25, 0.3) is 5.89 Å². The summed E-state index contributed by atoms with van der Waals surface area (Å²) in [6, 6.07) is 2.13. The van der Waals surface area contributed by atoms with E-state index < -0.39 is 11.9 Å². The van der Waals surface area contributed by atoms with Crippen LogP contribution in [0.25, 0.3) is 5.57 Å². The van der Waals surface area contributed by atoms with Gasteiger partial charge in [0.15, 0.2) is 0 Å². The summed E-state index contributed by atoms with van der Waals surface area (Å²) in [5.41, 5.74) is -0.270. The number of hydrogen-bond donors (Lipinski definition) is 3. The van der Waals surface area contributed by atoms with Gasteiger partial charge in [-0.05, 0) is 12.1 Å². The Balaban J connectivity index is 1.75. The fraction of sp³-hybridized carbons (Fsp3) is 0.357. The molecule has 0 atom stereocenters. The SMILES string of the molecule is N=C(/C(=C\Nc1ccc(C(F)(F)F)nc1)c1n[nH]o1)N1CCOCC1. The zero-order valence-electron chi connectivity index (χ0n) is 12.9. The number of H-pyrrole nitrogens is 1. The van der Waals surface area contributed by atoms with Gasteiger partial charge in [0, 0.05) is 19.3 Å². The number of aromatic amines is 1. The highest BCUT2D eigenvalue weighted by Crippen LogP contribution is 2.28. The van der Waals surface area contributed by atoms with E-state index in [0.717, 1.165) is 12.3 Å². The normalized spacial score (nSPS) is 16.1. The molecule has 0 saturated carbocycles. The number of amidine groups is 1. The Morgan fingerprint density at radius 3 is 2.56 bits per heavy atom. The Bertz CT molecular complexity index is 734. The predicted molar refractivity (Wildman–Crippen MR) is 81.8 cm³/mol. The fourth-order valence-electron chi connectivity index (χ4n) is 2.20. The maximum atomic E-state index is 12.5. The van der Waals surface area contributed by atoms with E-state index in [1.165, 1.54) is 12.3 Å². The van der Waals surface area contributed by atoms with E-state index in [-0.39, 0.29) is 11.7 Å². The second-order valence-electron chi connectivity index (χ2n) is 5.19. The Kier molecular flexibility index (Phi) is 4.74. The highest BCUT2D eigenvalue weighted by atomic mass is 19.4. The first kappa shape index (κ1) is 17.0. The maximum Gasteiger partial charge on any atom is 0.433 e. The van der Waals surface area contributed by atoms with Crippen molar-refractivity contribution in [1.29, 1.82) is 5.41 Å². The number of nitrogens with one attached hydrogen (secondary N) is 3. The minimum Gasteiger partial charge on any atom is -0.378 e. The predicted octanol–water partition coefficient (Wildman–Crippen LogP) is 2.18. The van der Waals surface area contributed by atoms with Crippen LogP contribution in [0.3, 0.4) is 0 Å². The molecule has 3 heterocycles. The molecule has 3 rings (SSSR count). The first-order chi connectivity index (χ1) is 11.9. The fourth-order valence-corrected chi connectivity index (χ4v) is 2.20. The monoisotopic (exact) mass is 356 g/mol. The van der Waals surface area contributed by atoms with Crippen molar-refractivity contribution < 1.29 is 22.4 Å². The molecule has 2 aromatic heterocycles. The van der Waals surface area contributed by atoms with Crippen LogP contribution < -0.4 is 5.32 Å². The number of nitrogens with zero attached hydrogens (tertiary/aromatic N) is 3. The Hall–Kier alpha value is -2.82. The van der Waals surface area contributed by atoms with Crippen molar-refractivity contribution in [3.63, 3.8) is 0 Å². The van der Waals surface area contributed by atoms with Crippen molar-refractivity contribution in [1.82, 2.24) is 20.3 Å². The molecule has 3 N–H and O–H groups in total. The molecule has 0 spiro atoms. The molecule has 1 aliphatic heterocycles. The van der Waals surface area contributed by atoms with Crippen molar-refractivity contribution in [3.05, 3.63) is 36.1 Å². The van der Waals surface area contributed by atoms with Crippen molar-refractivity contribution in [2.45, 2.75) is 6.18 Å². The first-order valence-electron chi connectivity index (χ1n) is 7.36. The van der Waals surface area contributed by atoms with E-state index in [9.17, 15) is 13.2 Å². The van der Waals surface area contributed by atoms with Crippen LogP contribution in [-0.4, -0.2) is 52.4 Å². The topological polar surface area (TPSA) is 103 Å². The summed E-state index contributed by atoms with van der Waals surface area (Å²) in [6.45, 7) is 2.13. The maximum absolute atomic E-state index is 12.5. The van der Waals surface area contributed by atoms with Gasteiger partial charge in [0.1, 0.15) is 11.5 Å². The minimum absolute atomic E-state index is 0.177. The summed E-state index contributed by atoms with van der Waals surface area (Å²) in [6.07, 6.45) is -1.98. The smallest absolute Gasteiger partial charge is 0.378 e. The highest BCUT2D eigenvalue weighted by Gasteiger charge is 2.32. The van der Waals surface area contributed by atoms with Gasteiger partial charge in [-0.25, -0.2) is 4.98 Å². The molecule has 0 bridgehead atoms. The summed E-state index contributed by atoms with van der Waals surface area (Å²) in [5.74, 6) is 0.389.